The topological polar surface area (TPSA) is 125 Å². The molecule has 0 atom stereocenters. The number of nitrogens with one attached hydrogen (secondary N) is 1. The van der Waals surface area contributed by atoms with E-state index in [0.717, 1.165) is 15.7 Å². The highest BCUT2D eigenvalue weighted by molar-refractivity contribution is 5.75. The molecule has 4 aromatic rings. The summed E-state index contributed by atoms with van der Waals surface area (Å²) >= 11 is 0. The Morgan fingerprint density at radius 3 is 2.33 bits per heavy atom. The largest absolute Gasteiger partial charge is 0.489 e. The van der Waals surface area contributed by atoms with E-state index in [9.17, 15) is 19.7 Å². The highest BCUT2D eigenvalue weighted by Gasteiger charge is 2.14. The van der Waals surface area contributed by atoms with Crippen molar-refractivity contribution in [2.75, 3.05) is 0 Å². The zero-order valence-electron chi connectivity index (χ0n) is 16.2. The number of aryl methyl sites for hydroxylation is 1. The first-order valence-corrected chi connectivity index (χ1v) is 8.97. The first-order valence-electron chi connectivity index (χ1n) is 8.97. The molecule has 4 rings (SSSR count). The number of imidazole rings is 1. The van der Waals surface area contributed by atoms with Crippen LogP contribution in [0.15, 0.2) is 58.1 Å². The molecule has 10 heteroatoms. The fourth-order valence-corrected chi connectivity index (χ4v) is 3.05. The lowest BCUT2D eigenvalue weighted by atomic mass is 10.2. The zero-order chi connectivity index (χ0) is 21.4. The van der Waals surface area contributed by atoms with Gasteiger partial charge in [0.05, 0.1) is 4.92 Å². The second-order valence-corrected chi connectivity index (χ2v) is 6.73. The molecule has 0 aliphatic heterocycles. The Labute approximate surface area is 169 Å². The van der Waals surface area contributed by atoms with Gasteiger partial charge in [-0.05, 0) is 42.0 Å². The molecule has 0 saturated heterocycles. The SMILES string of the molecule is Cn1c(=O)c2[nH]c(-c3ccc(OCc4ccc([N+](=O)[O-])cc4)cc3)nc2n(C)c1=O. The minimum Gasteiger partial charge on any atom is -0.489 e. The number of nitrogens with zero attached hydrogens (tertiary/aromatic N) is 4. The molecule has 0 aliphatic carbocycles. The Morgan fingerprint density at radius 2 is 1.70 bits per heavy atom. The number of hydrogen-bond acceptors (Lipinski definition) is 6. The van der Waals surface area contributed by atoms with Crippen LogP contribution in [0.2, 0.25) is 0 Å². The van der Waals surface area contributed by atoms with Gasteiger partial charge in [0.15, 0.2) is 5.65 Å². The molecule has 1 N–H and O–H groups in total. The van der Waals surface area contributed by atoms with E-state index >= 15 is 0 Å². The normalized spacial score (nSPS) is 11.0. The number of nitro groups is 1. The quantitative estimate of drug-likeness (QED) is 0.399. The number of rotatable bonds is 5. The van der Waals surface area contributed by atoms with Crippen LogP contribution in [0.5, 0.6) is 5.75 Å². The molecule has 0 unspecified atom stereocenters. The van der Waals surface area contributed by atoms with Gasteiger partial charge in [-0.25, -0.2) is 9.78 Å². The average molecular weight is 407 g/mol. The van der Waals surface area contributed by atoms with E-state index in [-0.39, 0.29) is 23.5 Å². The molecule has 30 heavy (non-hydrogen) atoms. The van der Waals surface area contributed by atoms with Crippen molar-refractivity contribution in [1.82, 2.24) is 19.1 Å². The van der Waals surface area contributed by atoms with Crippen molar-refractivity contribution in [3.05, 3.63) is 85.0 Å². The first kappa shape index (κ1) is 19.1. The minimum atomic E-state index is -0.449. The number of hydrogen-bond donors (Lipinski definition) is 1. The molecule has 0 spiro atoms. The van der Waals surface area contributed by atoms with Gasteiger partial charge in [0, 0.05) is 31.8 Å². The van der Waals surface area contributed by atoms with E-state index in [1.807, 2.05) is 0 Å². The number of non-ortho nitro benzene ring substituents is 1. The molecule has 0 amide bonds. The summed E-state index contributed by atoms with van der Waals surface area (Å²) in [4.78, 5) is 42.0. The van der Waals surface area contributed by atoms with Crippen LogP contribution >= 0.6 is 0 Å². The van der Waals surface area contributed by atoms with Gasteiger partial charge >= 0.3 is 5.69 Å². The summed E-state index contributed by atoms with van der Waals surface area (Å²) in [5.74, 6) is 1.07. The van der Waals surface area contributed by atoms with Crippen molar-refractivity contribution >= 4 is 16.9 Å². The molecule has 0 radical (unpaired) electrons. The van der Waals surface area contributed by atoms with E-state index in [4.69, 9.17) is 4.74 Å². The molecule has 2 heterocycles. The first-order chi connectivity index (χ1) is 14.3. The van der Waals surface area contributed by atoms with Gasteiger partial charge < -0.3 is 9.72 Å². The third-order valence-electron chi connectivity index (χ3n) is 4.78. The van der Waals surface area contributed by atoms with E-state index in [1.54, 1.807) is 43.4 Å². The zero-order valence-corrected chi connectivity index (χ0v) is 16.2. The van der Waals surface area contributed by atoms with Crippen LogP contribution in [-0.4, -0.2) is 24.0 Å². The second-order valence-electron chi connectivity index (χ2n) is 6.73. The predicted molar refractivity (Wildman–Crippen MR) is 109 cm³/mol. The van der Waals surface area contributed by atoms with Crippen molar-refractivity contribution < 1.29 is 9.66 Å². The molecule has 2 aromatic heterocycles. The summed E-state index contributed by atoms with van der Waals surface area (Å²) in [6.45, 7) is 0.264. The number of benzene rings is 2. The Hall–Kier alpha value is -4.21. The lowest BCUT2D eigenvalue weighted by molar-refractivity contribution is -0.384. The van der Waals surface area contributed by atoms with Crippen LogP contribution in [0.25, 0.3) is 22.6 Å². The Bertz CT molecular complexity index is 1360. The lowest BCUT2D eigenvalue weighted by Crippen LogP contribution is -2.36. The third kappa shape index (κ3) is 3.34. The summed E-state index contributed by atoms with van der Waals surface area (Å²) in [6.07, 6.45) is 0. The van der Waals surface area contributed by atoms with Crippen LogP contribution in [-0.2, 0) is 20.7 Å². The molecule has 0 saturated carbocycles. The summed E-state index contributed by atoms with van der Waals surface area (Å²) < 4.78 is 8.06. The van der Waals surface area contributed by atoms with Gasteiger partial charge in [-0.3, -0.25) is 24.0 Å². The van der Waals surface area contributed by atoms with Gasteiger partial charge in [-0.1, -0.05) is 0 Å². The minimum absolute atomic E-state index is 0.0290. The maximum Gasteiger partial charge on any atom is 0.332 e. The summed E-state index contributed by atoms with van der Waals surface area (Å²) in [6, 6.07) is 13.2. The van der Waals surface area contributed by atoms with Crippen LogP contribution < -0.4 is 16.0 Å². The average Bonchev–Trinajstić information content (AvgIpc) is 3.21. The van der Waals surface area contributed by atoms with E-state index in [1.165, 1.54) is 23.7 Å². The maximum atomic E-state index is 12.3. The smallest absolute Gasteiger partial charge is 0.332 e. The summed E-state index contributed by atoms with van der Waals surface area (Å²) in [7, 11) is 2.98. The number of aromatic amines is 1. The van der Waals surface area contributed by atoms with Crippen molar-refractivity contribution in [2.24, 2.45) is 14.1 Å². The second kappa shape index (κ2) is 7.32. The monoisotopic (exact) mass is 407 g/mol. The molecule has 0 aliphatic rings. The summed E-state index contributed by atoms with van der Waals surface area (Å²) in [5.41, 5.74) is 1.23. The van der Waals surface area contributed by atoms with Crippen LogP contribution in [0, 0.1) is 10.1 Å². The number of nitro benzene ring substituents is 1. The number of fused-ring (bicyclic) bond motifs is 1. The Morgan fingerprint density at radius 1 is 1.03 bits per heavy atom. The predicted octanol–water partition coefficient (Wildman–Crippen LogP) is 2.11. The molecule has 0 fully saturated rings. The van der Waals surface area contributed by atoms with Crippen LogP contribution in [0.4, 0.5) is 5.69 Å². The number of aromatic nitrogens is 4. The Balaban J connectivity index is 1.54. The van der Waals surface area contributed by atoms with Gasteiger partial charge in [0.25, 0.3) is 11.2 Å². The Kier molecular flexibility index (Phi) is 4.66. The van der Waals surface area contributed by atoms with Crippen molar-refractivity contribution in [2.45, 2.75) is 6.61 Å². The van der Waals surface area contributed by atoms with Crippen molar-refractivity contribution in [3.63, 3.8) is 0 Å². The fraction of sp³-hybridized carbons (Fsp3) is 0.150. The lowest BCUT2D eigenvalue weighted by Gasteiger charge is -2.06. The van der Waals surface area contributed by atoms with E-state index in [0.29, 0.717) is 11.6 Å². The van der Waals surface area contributed by atoms with Gasteiger partial charge in [-0.2, -0.15) is 0 Å². The number of H-pyrrole nitrogens is 1. The molecule has 152 valence electrons. The molecule has 0 bridgehead atoms. The third-order valence-corrected chi connectivity index (χ3v) is 4.78. The van der Waals surface area contributed by atoms with Gasteiger partial charge in [0.2, 0.25) is 0 Å². The van der Waals surface area contributed by atoms with Gasteiger partial charge in [-0.15, -0.1) is 0 Å². The highest BCUT2D eigenvalue weighted by Crippen LogP contribution is 2.22. The van der Waals surface area contributed by atoms with Crippen molar-refractivity contribution in [3.8, 4) is 17.1 Å². The molecule has 10 nitrogen and oxygen atoms in total. The van der Waals surface area contributed by atoms with E-state index < -0.39 is 16.2 Å². The fourth-order valence-electron chi connectivity index (χ4n) is 3.05. The summed E-state index contributed by atoms with van der Waals surface area (Å²) in [5, 5.41) is 10.7. The standard InChI is InChI=1S/C20H17N5O5/c1-23-18-16(19(26)24(2)20(23)27)21-17(22-18)13-5-9-15(10-6-13)30-11-12-3-7-14(8-4-12)25(28)29/h3-10H,11H2,1-2H3,(H,21,22). The molecular formula is C20H17N5O5. The number of ether oxygens (including phenoxy) is 1. The van der Waals surface area contributed by atoms with Gasteiger partial charge in [0.1, 0.15) is 23.7 Å². The molecular weight excluding hydrogens is 390 g/mol. The highest BCUT2D eigenvalue weighted by atomic mass is 16.6. The van der Waals surface area contributed by atoms with Crippen molar-refractivity contribution in [1.29, 1.82) is 0 Å². The van der Waals surface area contributed by atoms with E-state index in [2.05, 4.69) is 9.97 Å². The van der Waals surface area contributed by atoms with Crippen LogP contribution in [0.3, 0.4) is 0 Å². The maximum absolute atomic E-state index is 12.3. The van der Waals surface area contributed by atoms with Crippen LogP contribution in [0.1, 0.15) is 5.56 Å². The molecule has 2 aromatic carbocycles.